The Morgan fingerprint density at radius 3 is 2.63 bits per heavy atom. The molecule has 3 heteroatoms. The lowest BCUT2D eigenvalue weighted by atomic mass is 10.2. The van der Waals surface area contributed by atoms with Gasteiger partial charge in [0.2, 0.25) is 0 Å². The molecule has 0 amide bonds. The van der Waals surface area contributed by atoms with E-state index >= 15 is 0 Å². The summed E-state index contributed by atoms with van der Waals surface area (Å²) in [6, 6.07) is 16.1. The Bertz CT molecular complexity index is 513. The van der Waals surface area contributed by atoms with Crippen LogP contribution >= 0.6 is 11.6 Å². The van der Waals surface area contributed by atoms with Crippen LogP contribution in [0.15, 0.2) is 48.5 Å². The lowest BCUT2D eigenvalue weighted by Gasteiger charge is -2.09. The second kappa shape index (κ2) is 7.17. The van der Waals surface area contributed by atoms with Crippen molar-refractivity contribution >= 4 is 11.6 Å². The minimum atomic E-state index is 0.607. The quantitative estimate of drug-likeness (QED) is 0.810. The van der Waals surface area contributed by atoms with Crippen LogP contribution in [0.3, 0.4) is 0 Å². The maximum Gasteiger partial charge on any atom is 0.137 e. The van der Waals surface area contributed by atoms with Gasteiger partial charge in [0, 0.05) is 13.1 Å². The molecule has 0 saturated heterocycles. The van der Waals surface area contributed by atoms with Crippen LogP contribution in [-0.4, -0.2) is 13.2 Å². The van der Waals surface area contributed by atoms with Crippen LogP contribution in [0.5, 0.6) is 5.75 Å². The molecule has 2 aromatic carbocycles. The molecule has 0 heterocycles. The van der Waals surface area contributed by atoms with Crippen molar-refractivity contribution in [2.45, 2.75) is 13.5 Å². The minimum absolute atomic E-state index is 0.607. The highest BCUT2D eigenvalue weighted by Gasteiger charge is 2.00. The van der Waals surface area contributed by atoms with E-state index in [-0.39, 0.29) is 0 Å². The van der Waals surface area contributed by atoms with Crippen LogP contribution in [0.2, 0.25) is 5.02 Å². The molecule has 0 aromatic heterocycles. The maximum atomic E-state index is 6.09. The topological polar surface area (TPSA) is 21.3 Å². The number of aryl methyl sites for hydroxylation is 1. The predicted molar refractivity (Wildman–Crippen MR) is 79.8 cm³/mol. The third kappa shape index (κ3) is 4.58. The van der Waals surface area contributed by atoms with E-state index < -0.39 is 0 Å². The van der Waals surface area contributed by atoms with Crippen LogP contribution in [0, 0.1) is 6.92 Å². The summed E-state index contributed by atoms with van der Waals surface area (Å²) >= 11 is 6.09. The maximum absolute atomic E-state index is 6.09. The first kappa shape index (κ1) is 13.9. The molecular weight excluding hydrogens is 258 g/mol. The van der Waals surface area contributed by atoms with Crippen LogP contribution in [0.1, 0.15) is 11.1 Å². The second-order valence-corrected chi connectivity index (χ2v) is 4.85. The smallest absolute Gasteiger partial charge is 0.137 e. The van der Waals surface area contributed by atoms with Crippen molar-refractivity contribution in [3.63, 3.8) is 0 Å². The number of hydrogen-bond acceptors (Lipinski definition) is 2. The fraction of sp³-hybridized carbons (Fsp3) is 0.250. The molecule has 0 fully saturated rings. The van der Waals surface area contributed by atoms with E-state index in [4.69, 9.17) is 16.3 Å². The lowest BCUT2D eigenvalue weighted by molar-refractivity contribution is 0.314. The third-order valence-electron chi connectivity index (χ3n) is 2.80. The molecule has 0 aliphatic carbocycles. The highest BCUT2D eigenvalue weighted by atomic mass is 35.5. The zero-order chi connectivity index (χ0) is 13.5. The van der Waals surface area contributed by atoms with E-state index in [1.54, 1.807) is 0 Å². The molecule has 0 aliphatic rings. The SMILES string of the molecule is Cc1ccc(OCCNCc2ccccc2)c(Cl)c1. The van der Waals surface area contributed by atoms with E-state index in [1.807, 2.05) is 43.3 Å². The summed E-state index contributed by atoms with van der Waals surface area (Å²) in [4.78, 5) is 0. The van der Waals surface area contributed by atoms with Crippen LogP contribution < -0.4 is 10.1 Å². The van der Waals surface area contributed by atoms with E-state index in [2.05, 4.69) is 17.4 Å². The highest BCUT2D eigenvalue weighted by molar-refractivity contribution is 6.32. The van der Waals surface area contributed by atoms with Gasteiger partial charge in [-0.15, -0.1) is 0 Å². The number of nitrogens with one attached hydrogen (secondary N) is 1. The van der Waals surface area contributed by atoms with E-state index in [0.717, 1.165) is 24.4 Å². The van der Waals surface area contributed by atoms with Crippen molar-refractivity contribution in [2.24, 2.45) is 0 Å². The summed E-state index contributed by atoms with van der Waals surface area (Å²) in [5.74, 6) is 0.744. The van der Waals surface area contributed by atoms with Gasteiger partial charge in [-0.2, -0.15) is 0 Å². The Kier molecular flexibility index (Phi) is 5.25. The Labute approximate surface area is 119 Å². The molecule has 0 saturated carbocycles. The van der Waals surface area contributed by atoms with Crippen molar-refractivity contribution in [3.8, 4) is 5.75 Å². The summed E-state index contributed by atoms with van der Waals surface area (Å²) in [5, 5.41) is 4.00. The summed E-state index contributed by atoms with van der Waals surface area (Å²) in [6.45, 7) is 4.26. The summed E-state index contributed by atoms with van der Waals surface area (Å²) in [7, 11) is 0. The summed E-state index contributed by atoms with van der Waals surface area (Å²) in [6.07, 6.45) is 0. The molecule has 100 valence electrons. The lowest BCUT2D eigenvalue weighted by Crippen LogP contribution is -2.20. The standard InChI is InChI=1S/C16H18ClNO/c1-13-7-8-16(15(17)11-13)19-10-9-18-12-14-5-3-2-4-6-14/h2-8,11,18H,9-10,12H2,1H3. The average Bonchev–Trinajstić information content (AvgIpc) is 2.42. The van der Waals surface area contributed by atoms with Gasteiger partial charge >= 0.3 is 0 Å². The second-order valence-electron chi connectivity index (χ2n) is 4.44. The van der Waals surface area contributed by atoms with Crippen LogP contribution in [-0.2, 0) is 6.54 Å². The van der Waals surface area contributed by atoms with E-state index in [9.17, 15) is 0 Å². The van der Waals surface area contributed by atoms with Crippen molar-refractivity contribution in [3.05, 3.63) is 64.7 Å². The van der Waals surface area contributed by atoms with Crippen LogP contribution in [0.4, 0.5) is 0 Å². The molecule has 2 nitrogen and oxygen atoms in total. The first-order valence-electron chi connectivity index (χ1n) is 6.39. The Balaban J connectivity index is 1.69. The van der Waals surface area contributed by atoms with E-state index in [1.165, 1.54) is 5.56 Å². The van der Waals surface area contributed by atoms with Crippen molar-refractivity contribution in [1.82, 2.24) is 5.32 Å². The highest BCUT2D eigenvalue weighted by Crippen LogP contribution is 2.24. The first-order chi connectivity index (χ1) is 9.25. The molecule has 0 unspecified atom stereocenters. The van der Waals surface area contributed by atoms with Gasteiger partial charge in [0.05, 0.1) is 5.02 Å². The normalized spacial score (nSPS) is 10.4. The van der Waals surface area contributed by atoms with Gasteiger partial charge in [-0.05, 0) is 30.2 Å². The molecular formula is C16H18ClNO. The summed E-state index contributed by atoms with van der Waals surface area (Å²) in [5.41, 5.74) is 2.41. The van der Waals surface area contributed by atoms with Crippen molar-refractivity contribution in [1.29, 1.82) is 0 Å². The van der Waals surface area contributed by atoms with E-state index in [0.29, 0.717) is 11.6 Å². The first-order valence-corrected chi connectivity index (χ1v) is 6.77. The molecule has 0 radical (unpaired) electrons. The number of halogens is 1. The molecule has 2 rings (SSSR count). The van der Waals surface area contributed by atoms with Crippen molar-refractivity contribution in [2.75, 3.05) is 13.2 Å². The van der Waals surface area contributed by atoms with Gasteiger partial charge in [-0.3, -0.25) is 0 Å². The zero-order valence-corrected chi connectivity index (χ0v) is 11.8. The number of rotatable bonds is 6. The fourth-order valence-electron chi connectivity index (χ4n) is 1.78. The minimum Gasteiger partial charge on any atom is -0.491 e. The largest absolute Gasteiger partial charge is 0.491 e. The van der Waals surface area contributed by atoms with Gasteiger partial charge in [-0.25, -0.2) is 0 Å². The van der Waals surface area contributed by atoms with Gasteiger partial charge in [0.1, 0.15) is 12.4 Å². The number of benzene rings is 2. The van der Waals surface area contributed by atoms with Gasteiger partial charge in [-0.1, -0.05) is 48.0 Å². The molecule has 0 bridgehead atoms. The number of ether oxygens (including phenoxy) is 1. The average molecular weight is 276 g/mol. The Hall–Kier alpha value is -1.51. The molecule has 0 atom stereocenters. The van der Waals surface area contributed by atoms with Gasteiger partial charge in [0.25, 0.3) is 0 Å². The zero-order valence-electron chi connectivity index (χ0n) is 11.0. The van der Waals surface area contributed by atoms with Crippen LogP contribution in [0.25, 0.3) is 0 Å². The molecule has 2 aromatic rings. The summed E-state index contributed by atoms with van der Waals surface area (Å²) < 4.78 is 5.64. The third-order valence-corrected chi connectivity index (χ3v) is 3.09. The molecule has 19 heavy (non-hydrogen) atoms. The fourth-order valence-corrected chi connectivity index (χ4v) is 2.07. The van der Waals surface area contributed by atoms with Crippen molar-refractivity contribution < 1.29 is 4.74 Å². The predicted octanol–water partition coefficient (Wildman–Crippen LogP) is 3.82. The number of hydrogen-bond donors (Lipinski definition) is 1. The molecule has 0 spiro atoms. The molecule has 1 N–H and O–H groups in total. The Morgan fingerprint density at radius 2 is 1.89 bits per heavy atom. The van der Waals surface area contributed by atoms with Gasteiger partial charge in [0.15, 0.2) is 0 Å². The van der Waals surface area contributed by atoms with Gasteiger partial charge < -0.3 is 10.1 Å². The monoisotopic (exact) mass is 275 g/mol. The molecule has 0 aliphatic heterocycles. The Morgan fingerprint density at radius 1 is 1.11 bits per heavy atom.